The maximum Gasteiger partial charge on any atom is 0.270 e. The third kappa shape index (κ3) is 1.07. The van der Waals surface area contributed by atoms with Crippen molar-refractivity contribution in [2.75, 3.05) is 0 Å². The quantitative estimate of drug-likeness (QED) is 0.572. The van der Waals surface area contributed by atoms with E-state index in [0.29, 0.717) is 11.4 Å². The Labute approximate surface area is 67.9 Å². The molecule has 0 aromatic carbocycles. The molecule has 0 aliphatic carbocycles. The number of hydrogen-bond donors (Lipinski definition) is 0. The second-order valence-electron chi connectivity index (χ2n) is 2.34. The van der Waals surface area contributed by atoms with Crippen LogP contribution in [0.5, 0.6) is 0 Å². The zero-order valence-corrected chi connectivity index (χ0v) is 5.99. The normalized spacial score (nSPS) is 13.9. The standard InChI is InChI=1S/C8H4FN2O/c9-5-3-7-6(10-4-5)1-2-8(12)11-7/h1-4H. The van der Waals surface area contributed by atoms with Gasteiger partial charge >= 0.3 is 0 Å². The molecule has 1 radical (unpaired) electrons. The molecule has 3 nitrogen and oxygen atoms in total. The van der Waals surface area contributed by atoms with E-state index in [2.05, 4.69) is 10.3 Å². The highest BCUT2D eigenvalue weighted by Gasteiger charge is 2.12. The number of aromatic nitrogens is 1. The summed E-state index contributed by atoms with van der Waals surface area (Å²) >= 11 is 0. The molecular weight excluding hydrogens is 159 g/mol. The predicted molar refractivity (Wildman–Crippen MR) is 40.0 cm³/mol. The molecular formula is C8H4FN2O. The lowest BCUT2D eigenvalue weighted by Crippen LogP contribution is -2.12. The van der Waals surface area contributed by atoms with Gasteiger partial charge in [0.05, 0.1) is 17.6 Å². The average molecular weight is 163 g/mol. The Bertz CT molecular complexity index is 373. The molecule has 1 aromatic rings. The Morgan fingerprint density at radius 1 is 1.33 bits per heavy atom. The maximum atomic E-state index is 12.6. The molecule has 0 bridgehead atoms. The van der Waals surface area contributed by atoms with Crippen molar-refractivity contribution in [2.24, 2.45) is 0 Å². The molecule has 1 aliphatic heterocycles. The first kappa shape index (κ1) is 6.97. The molecule has 12 heavy (non-hydrogen) atoms. The van der Waals surface area contributed by atoms with E-state index in [4.69, 9.17) is 0 Å². The molecule has 0 atom stereocenters. The number of nitrogens with zero attached hydrogens (tertiary/aromatic N) is 2. The van der Waals surface area contributed by atoms with Crippen LogP contribution in [0.3, 0.4) is 0 Å². The number of carbonyl (C=O) groups is 1. The van der Waals surface area contributed by atoms with Crippen molar-refractivity contribution in [2.45, 2.75) is 0 Å². The number of carbonyl (C=O) groups excluding carboxylic acids is 1. The summed E-state index contributed by atoms with van der Waals surface area (Å²) in [7, 11) is 0. The highest BCUT2D eigenvalue weighted by atomic mass is 19.1. The van der Waals surface area contributed by atoms with Gasteiger partial charge in [-0.15, -0.1) is 0 Å². The Hall–Kier alpha value is -1.71. The van der Waals surface area contributed by atoms with E-state index in [-0.39, 0.29) is 5.91 Å². The van der Waals surface area contributed by atoms with E-state index in [1.807, 2.05) is 0 Å². The SMILES string of the molecule is O=C1C=Cc2ncc(F)cc2[N]1. The molecule has 59 valence electrons. The van der Waals surface area contributed by atoms with Crippen LogP contribution in [0.25, 0.3) is 6.08 Å². The lowest BCUT2D eigenvalue weighted by molar-refractivity contribution is -0.115. The van der Waals surface area contributed by atoms with Crippen molar-refractivity contribution in [1.82, 2.24) is 10.3 Å². The molecule has 1 aliphatic rings. The second-order valence-corrected chi connectivity index (χ2v) is 2.34. The third-order valence-electron chi connectivity index (χ3n) is 1.48. The Balaban J connectivity index is 2.54. The smallest absolute Gasteiger partial charge is 0.267 e. The van der Waals surface area contributed by atoms with Gasteiger partial charge in [0.1, 0.15) is 5.82 Å². The molecule has 1 amide bonds. The van der Waals surface area contributed by atoms with Gasteiger partial charge in [0.25, 0.3) is 5.91 Å². The van der Waals surface area contributed by atoms with Gasteiger partial charge in [-0.1, -0.05) is 0 Å². The van der Waals surface area contributed by atoms with Crippen LogP contribution in [0.15, 0.2) is 18.3 Å². The van der Waals surface area contributed by atoms with Crippen LogP contribution in [-0.4, -0.2) is 10.9 Å². The van der Waals surface area contributed by atoms with Crippen LogP contribution in [0.4, 0.5) is 10.1 Å². The first-order valence-electron chi connectivity index (χ1n) is 3.35. The van der Waals surface area contributed by atoms with Gasteiger partial charge in [-0.25, -0.2) is 9.71 Å². The molecule has 0 N–H and O–H groups in total. The predicted octanol–water partition coefficient (Wildman–Crippen LogP) is 1.01. The zero-order chi connectivity index (χ0) is 8.55. The zero-order valence-electron chi connectivity index (χ0n) is 5.99. The van der Waals surface area contributed by atoms with Crippen LogP contribution >= 0.6 is 0 Å². The van der Waals surface area contributed by atoms with Crippen molar-refractivity contribution < 1.29 is 9.18 Å². The largest absolute Gasteiger partial charge is 0.270 e. The molecule has 0 unspecified atom stereocenters. The van der Waals surface area contributed by atoms with Crippen LogP contribution in [0, 0.1) is 5.82 Å². The van der Waals surface area contributed by atoms with Gasteiger partial charge < -0.3 is 0 Å². The molecule has 2 rings (SSSR count). The van der Waals surface area contributed by atoms with Gasteiger partial charge in [0.2, 0.25) is 0 Å². The lowest BCUT2D eigenvalue weighted by Gasteiger charge is -2.06. The van der Waals surface area contributed by atoms with Gasteiger partial charge in [0, 0.05) is 12.1 Å². The van der Waals surface area contributed by atoms with Crippen LogP contribution < -0.4 is 5.32 Å². The molecule has 1 aromatic heterocycles. The number of amides is 1. The van der Waals surface area contributed by atoms with Crippen LogP contribution in [0.1, 0.15) is 5.69 Å². The minimum Gasteiger partial charge on any atom is -0.267 e. The second kappa shape index (κ2) is 2.41. The molecule has 0 spiro atoms. The monoisotopic (exact) mass is 163 g/mol. The van der Waals surface area contributed by atoms with Gasteiger partial charge in [0.15, 0.2) is 0 Å². The fourth-order valence-corrected chi connectivity index (χ4v) is 0.963. The molecule has 0 saturated heterocycles. The highest BCUT2D eigenvalue weighted by molar-refractivity contribution is 5.98. The van der Waals surface area contributed by atoms with Crippen molar-refractivity contribution >= 4 is 17.7 Å². The number of halogens is 1. The summed E-state index contributed by atoms with van der Waals surface area (Å²) in [6.45, 7) is 0. The summed E-state index contributed by atoms with van der Waals surface area (Å²) in [6.07, 6.45) is 3.91. The van der Waals surface area contributed by atoms with E-state index in [1.165, 1.54) is 18.2 Å². The first-order chi connectivity index (χ1) is 5.75. The Morgan fingerprint density at radius 3 is 3.00 bits per heavy atom. The lowest BCUT2D eigenvalue weighted by atomic mass is 10.2. The minimum atomic E-state index is -0.486. The Kier molecular flexibility index (Phi) is 1.40. The fraction of sp³-hybridized carbons (Fsp3) is 0. The fourth-order valence-electron chi connectivity index (χ4n) is 0.963. The minimum absolute atomic E-state index is 0.294. The molecule has 4 heteroatoms. The topological polar surface area (TPSA) is 44.1 Å². The van der Waals surface area contributed by atoms with Gasteiger partial charge in [-0.2, -0.15) is 0 Å². The Morgan fingerprint density at radius 2 is 2.17 bits per heavy atom. The number of fused-ring (bicyclic) bond motifs is 1. The number of hydrogen-bond acceptors (Lipinski definition) is 2. The van der Waals surface area contributed by atoms with Crippen molar-refractivity contribution in [3.63, 3.8) is 0 Å². The van der Waals surface area contributed by atoms with E-state index in [9.17, 15) is 9.18 Å². The molecule has 0 saturated carbocycles. The van der Waals surface area contributed by atoms with Gasteiger partial charge in [-0.05, 0) is 6.08 Å². The van der Waals surface area contributed by atoms with Crippen LogP contribution in [0.2, 0.25) is 0 Å². The third-order valence-corrected chi connectivity index (χ3v) is 1.48. The van der Waals surface area contributed by atoms with E-state index >= 15 is 0 Å². The summed E-state index contributed by atoms with van der Waals surface area (Å²) in [5.41, 5.74) is 0.818. The van der Waals surface area contributed by atoms with E-state index in [1.54, 1.807) is 0 Å². The maximum absolute atomic E-state index is 12.6. The van der Waals surface area contributed by atoms with Crippen molar-refractivity contribution in [1.29, 1.82) is 0 Å². The summed E-state index contributed by atoms with van der Waals surface area (Å²) in [6, 6.07) is 1.18. The van der Waals surface area contributed by atoms with E-state index < -0.39 is 5.82 Å². The average Bonchev–Trinajstić information content (AvgIpc) is 2.03. The summed E-state index contributed by atoms with van der Waals surface area (Å²) in [4.78, 5) is 14.5. The first-order valence-corrected chi connectivity index (χ1v) is 3.35. The number of rotatable bonds is 0. The molecule has 2 heterocycles. The van der Waals surface area contributed by atoms with Crippen molar-refractivity contribution in [3.8, 4) is 0 Å². The highest BCUT2D eigenvalue weighted by Crippen LogP contribution is 2.19. The van der Waals surface area contributed by atoms with Gasteiger partial charge in [-0.3, -0.25) is 9.78 Å². The van der Waals surface area contributed by atoms with Crippen molar-refractivity contribution in [3.05, 3.63) is 29.9 Å². The molecule has 0 fully saturated rings. The summed E-state index contributed by atoms with van der Waals surface area (Å²) < 4.78 is 12.6. The van der Waals surface area contributed by atoms with E-state index in [0.717, 1.165) is 6.20 Å². The summed E-state index contributed by atoms with van der Waals surface area (Å²) in [5, 5.41) is 3.58. The summed E-state index contributed by atoms with van der Waals surface area (Å²) in [5.74, 6) is -0.865. The number of pyridine rings is 1. The van der Waals surface area contributed by atoms with Crippen LogP contribution in [-0.2, 0) is 4.79 Å².